The van der Waals surface area contributed by atoms with Crippen molar-refractivity contribution >= 4 is 38.0 Å². The van der Waals surface area contributed by atoms with Gasteiger partial charge in [0.05, 0.1) is 6.57 Å². The number of nitrogens with zero attached hydrogens (tertiary/aromatic N) is 4. The first-order valence-electron chi connectivity index (χ1n) is 22.9. The minimum absolute atomic E-state index is 0.605. The summed E-state index contributed by atoms with van der Waals surface area (Å²) in [5, 5.41) is 7.46. The molecule has 0 aliphatic heterocycles. The largest absolute Gasteiger partial charge is 0.238 e. The molecule has 1 aliphatic rings. The quantitative estimate of drug-likeness (QED) is 0.118. The fourth-order valence-electron chi connectivity index (χ4n) is 10.2. The molecule has 0 unspecified atom stereocenters. The lowest BCUT2D eigenvalue weighted by Gasteiger charge is -2.15. The highest BCUT2D eigenvalue weighted by Gasteiger charge is 2.23. The lowest BCUT2D eigenvalue weighted by atomic mass is 9.89. The van der Waals surface area contributed by atoms with Gasteiger partial charge in [0, 0.05) is 16.7 Å². The van der Waals surface area contributed by atoms with Gasteiger partial charge >= 0.3 is 0 Å². The van der Waals surface area contributed by atoms with Crippen molar-refractivity contribution in [1.29, 1.82) is 0 Å². The Bertz CT molecular complexity index is 4030. The van der Waals surface area contributed by atoms with Gasteiger partial charge in [0.1, 0.15) is 0 Å². The van der Waals surface area contributed by atoms with Crippen molar-refractivity contribution in [3.63, 3.8) is 0 Å². The molecular weight excluding hydrogens is 825 g/mol. The average Bonchev–Trinajstić information content (AvgIpc) is 3.74. The monoisotopic (exact) mass is 862 g/mol. The molecule has 0 spiro atoms. The van der Waals surface area contributed by atoms with E-state index in [0.717, 1.165) is 55.6 Å². The van der Waals surface area contributed by atoms with E-state index in [1.165, 1.54) is 60.1 Å². The highest BCUT2D eigenvalue weighted by molar-refractivity contribution is 6.16. The van der Waals surface area contributed by atoms with E-state index in [4.69, 9.17) is 21.5 Å². The average molecular weight is 863 g/mol. The van der Waals surface area contributed by atoms with Crippen molar-refractivity contribution in [1.82, 2.24) is 15.0 Å². The first kappa shape index (κ1) is 39.1. The molecule has 13 rings (SSSR count). The molecule has 0 saturated carbocycles. The van der Waals surface area contributed by atoms with Crippen LogP contribution in [-0.4, -0.2) is 15.0 Å². The van der Waals surface area contributed by atoms with Crippen LogP contribution in [0.2, 0.25) is 0 Å². The van der Waals surface area contributed by atoms with Gasteiger partial charge in [0.15, 0.2) is 23.2 Å². The third-order valence-corrected chi connectivity index (χ3v) is 13.5. The van der Waals surface area contributed by atoms with Gasteiger partial charge in [-0.3, -0.25) is 0 Å². The summed E-state index contributed by atoms with van der Waals surface area (Å²) in [6.07, 6.45) is 0. The second-order valence-corrected chi connectivity index (χ2v) is 17.4. The molecule has 0 saturated heterocycles. The smallest absolute Gasteiger partial charge is 0.194 e. The third kappa shape index (κ3) is 6.56. The molecule has 68 heavy (non-hydrogen) atoms. The van der Waals surface area contributed by atoms with Gasteiger partial charge in [-0.25, -0.2) is 19.8 Å². The Morgan fingerprint density at radius 1 is 0.265 bits per heavy atom. The van der Waals surface area contributed by atoms with E-state index in [-0.39, 0.29) is 0 Å². The van der Waals surface area contributed by atoms with E-state index < -0.39 is 0 Å². The molecule has 0 bridgehead atoms. The Labute approximate surface area is 394 Å². The highest BCUT2D eigenvalue weighted by Crippen LogP contribution is 2.48. The molecule has 314 valence electrons. The number of aromatic nitrogens is 3. The molecule has 1 aromatic heterocycles. The maximum atomic E-state index is 8.16. The topological polar surface area (TPSA) is 43.0 Å². The van der Waals surface area contributed by atoms with Crippen molar-refractivity contribution in [2.24, 2.45) is 0 Å². The van der Waals surface area contributed by atoms with Gasteiger partial charge in [-0.2, -0.15) is 0 Å². The Morgan fingerprint density at radius 2 is 0.794 bits per heavy atom. The zero-order valence-corrected chi connectivity index (χ0v) is 36.7. The molecular formula is C64H38N4. The highest BCUT2D eigenvalue weighted by atomic mass is 15.0. The van der Waals surface area contributed by atoms with Gasteiger partial charge in [0.25, 0.3) is 0 Å². The first-order valence-corrected chi connectivity index (χ1v) is 22.9. The molecule has 0 radical (unpaired) electrons. The number of hydrogen-bond acceptors (Lipinski definition) is 3. The van der Waals surface area contributed by atoms with Crippen LogP contribution in [0.4, 0.5) is 5.69 Å². The summed E-state index contributed by atoms with van der Waals surface area (Å²) in [6, 6.07) is 81.1. The van der Waals surface area contributed by atoms with Gasteiger partial charge < -0.3 is 0 Å². The van der Waals surface area contributed by atoms with Crippen LogP contribution in [-0.2, 0) is 0 Å². The normalized spacial score (nSPS) is 11.5. The van der Waals surface area contributed by atoms with Crippen LogP contribution in [0.3, 0.4) is 0 Å². The van der Waals surface area contributed by atoms with E-state index in [1.54, 1.807) is 0 Å². The summed E-state index contributed by atoms with van der Waals surface area (Å²) in [5.41, 5.74) is 16.8. The number of rotatable bonds is 7. The Kier molecular flexibility index (Phi) is 9.20. The summed E-state index contributed by atoms with van der Waals surface area (Å²) in [6.45, 7) is 8.16. The van der Waals surface area contributed by atoms with Crippen LogP contribution >= 0.6 is 0 Å². The molecule has 0 N–H and O–H groups in total. The van der Waals surface area contributed by atoms with Crippen molar-refractivity contribution in [2.45, 2.75) is 0 Å². The van der Waals surface area contributed by atoms with Crippen molar-refractivity contribution < 1.29 is 0 Å². The van der Waals surface area contributed by atoms with Gasteiger partial charge in [-0.1, -0.05) is 218 Å². The Hall–Kier alpha value is -9.30. The van der Waals surface area contributed by atoms with E-state index >= 15 is 0 Å². The van der Waals surface area contributed by atoms with Gasteiger partial charge in [0.2, 0.25) is 0 Å². The lowest BCUT2D eigenvalue weighted by Crippen LogP contribution is -2.00. The maximum Gasteiger partial charge on any atom is 0.194 e. The second-order valence-electron chi connectivity index (χ2n) is 17.4. The van der Waals surface area contributed by atoms with Crippen LogP contribution in [0.25, 0.3) is 138 Å². The number of hydrogen-bond donors (Lipinski definition) is 0. The second kappa shape index (κ2) is 16.0. The predicted molar refractivity (Wildman–Crippen MR) is 281 cm³/mol. The SMILES string of the molecule is [C-]#[N+]c1ccc(-c2ccccc2-c2cccc3c2ccc2ccccc23)cc1-c1ccc(-c2cccc(-c3nc(-c4ccccc4)nc(-c4ccc5c(c4)-c4cccc6cccc-5c46)n3)c2)cc1. The predicted octanol–water partition coefficient (Wildman–Crippen LogP) is 17.2. The summed E-state index contributed by atoms with van der Waals surface area (Å²) >= 11 is 0. The molecule has 4 heteroatoms. The van der Waals surface area contributed by atoms with Gasteiger partial charge in [-0.15, -0.1) is 0 Å². The fourth-order valence-corrected chi connectivity index (χ4v) is 10.2. The van der Waals surface area contributed by atoms with Crippen molar-refractivity contribution in [3.8, 4) is 101 Å². The molecule has 0 atom stereocenters. The van der Waals surface area contributed by atoms with E-state index in [0.29, 0.717) is 23.2 Å². The molecule has 0 fully saturated rings. The van der Waals surface area contributed by atoms with Crippen LogP contribution in [0.5, 0.6) is 0 Å². The van der Waals surface area contributed by atoms with E-state index in [1.807, 2.05) is 36.4 Å². The molecule has 4 nitrogen and oxygen atoms in total. The van der Waals surface area contributed by atoms with Crippen molar-refractivity contribution in [3.05, 3.63) is 242 Å². The summed E-state index contributed by atoms with van der Waals surface area (Å²) < 4.78 is 0. The van der Waals surface area contributed by atoms with Crippen molar-refractivity contribution in [2.75, 3.05) is 0 Å². The zero-order chi connectivity index (χ0) is 45.1. The van der Waals surface area contributed by atoms with Crippen LogP contribution in [0.1, 0.15) is 0 Å². The van der Waals surface area contributed by atoms with Crippen LogP contribution < -0.4 is 0 Å². The molecule has 11 aromatic carbocycles. The minimum Gasteiger partial charge on any atom is -0.238 e. The fraction of sp³-hybridized carbons (Fsp3) is 0. The number of benzene rings is 11. The third-order valence-electron chi connectivity index (χ3n) is 13.5. The zero-order valence-electron chi connectivity index (χ0n) is 36.7. The Morgan fingerprint density at radius 3 is 1.60 bits per heavy atom. The van der Waals surface area contributed by atoms with Crippen LogP contribution in [0, 0.1) is 6.57 Å². The molecule has 0 amide bonds. The Balaban J connectivity index is 0.851. The molecule has 1 heterocycles. The summed E-state index contributed by atoms with van der Waals surface area (Å²) in [7, 11) is 0. The number of fused-ring (bicyclic) bond motifs is 6. The lowest BCUT2D eigenvalue weighted by molar-refractivity contribution is 1.07. The maximum absolute atomic E-state index is 8.16. The van der Waals surface area contributed by atoms with E-state index in [9.17, 15) is 0 Å². The van der Waals surface area contributed by atoms with Gasteiger partial charge in [-0.05, 0) is 111 Å². The molecule has 1 aliphatic carbocycles. The summed E-state index contributed by atoms with van der Waals surface area (Å²) in [5.74, 6) is 1.85. The molecule has 12 aromatic rings. The first-order chi connectivity index (χ1) is 33.6. The standard InChI is InChI=1S/C64H38N4/c1-65-60-36-33-46(50-21-7-8-22-51(50)53-24-12-23-52-49-20-6-5-13-41(49)31-34-54(52)53)38-58(60)42-29-27-40(28-30-42)45-18-9-19-47(37-45)63-66-62(44-14-3-2-4-15-44)67-64(68-63)48-32-35-55-56-25-10-16-43-17-11-26-57(61(43)56)59(55)39-48/h2-39H. The van der Waals surface area contributed by atoms with E-state index in [2.05, 4.69) is 199 Å². The summed E-state index contributed by atoms with van der Waals surface area (Å²) in [4.78, 5) is 19.3. The van der Waals surface area contributed by atoms with Crippen LogP contribution in [0.15, 0.2) is 231 Å². The minimum atomic E-state index is 0.605.